The average Bonchev–Trinajstić information content (AvgIpc) is 2.35. The van der Waals surface area contributed by atoms with E-state index in [2.05, 4.69) is 4.18 Å². The van der Waals surface area contributed by atoms with E-state index >= 15 is 0 Å². The predicted octanol–water partition coefficient (Wildman–Crippen LogP) is 0.873. The van der Waals surface area contributed by atoms with Gasteiger partial charge < -0.3 is 9.92 Å². The van der Waals surface area contributed by atoms with Gasteiger partial charge in [0.05, 0.1) is 6.04 Å². The topological polar surface area (TPSA) is 89.7 Å². The number of nitrogens with zero attached hydrogens (tertiary/aromatic N) is 1. The van der Waals surface area contributed by atoms with Gasteiger partial charge in [-0.15, -0.1) is 0 Å². The van der Waals surface area contributed by atoms with Crippen LogP contribution in [0, 0.1) is 0 Å². The number of likely N-dealkylation sites (N-methyl/N-ethyl adjacent to an activating group) is 1. The lowest BCUT2D eigenvalue weighted by atomic mass is 10.0. The third kappa shape index (κ3) is 4.60. The van der Waals surface area contributed by atoms with Gasteiger partial charge in [0.25, 0.3) is 0 Å². The summed E-state index contributed by atoms with van der Waals surface area (Å²) >= 11 is 0. The van der Waals surface area contributed by atoms with Crippen molar-refractivity contribution in [2.75, 3.05) is 14.1 Å². The van der Waals surface area contributed by atoms with Gasteiger partial charge in [-0.1, -0.05) is 12.1 Å². The largest absolute Gasteiger partial charge is 0.534 e. The molecule has 0 aliphatic carbocycles. The van der Waals surface area contributed by atoms with Crippen molar-refractivity contribution in [2.45, 2.75) is 18.0 Å². The van der Waals surface area contributed by atoms with E-state index in [1.165, 1.54) is 12.1 Å². The molecule has 22 heavy (non-hydrogen) atoms. The van der Waals surface area contributed by atoms with Crippen LogP contribution in [-0.2, 0) is 21.3 Å². The van der Waals surface area contributed by atoms with Crippen LogP contribution in [0.2, 0.25) is 0 Å². The van der Waals surface area contributed by atoms with Crippen LogP contribution in [0.4, 0.5) is 13.2 Å². The molecule has 1 unspecified atom stereocenters. The van der Waals surface area contributed by atoms with Crippen LogP contribution in [0.3, 0.4) is 0 Å². The van der Waals surface area contributed by atoms with Crippen molar-refractivity contribution in [3.8, 4) is 5.75 Å². The molecule has 0 aliphatic heterocycles. The first-order valence-corrected chi connectivity index (χ1v) is 7.40. The minimum atomic E-state index is -5.70. The number of benzene rings is 1. The smallest absolute Gasteiger partial charge is 0.376 e. The summed E-state index contributed by atoms with van der Waals surface area (Å²) in [6.07, 6.45) is 0.231. The highest BCUT2D eigenvalue weighted by molar-refractivity contribution is 7.87. The third-order valence-electron chi connectivity index (χ3n) is 2.79. The monoisotopic (exact) mass is 340 g/mol. The van der Waals surface area contributed by atoms with E-state index in [0.717, 1.165) is 12.1 Å². The summed E-state index contributed by atoms with van der Waals surface area (Å²) in [5.41, 5.74) is 0.336. The Kier molecular flexibility index (Phi) is 5.41. The second kappa shape index (κ2) is 6.53. The number of primary amides is 1. The summed E-state index contributed by atoms with van der Waals surface area (Å²) in [4.78, 5) is 12.9. The lowest BCUT2D eigenvalue weighted by Gasteiger charge is -2.21. The molecule has 6 nitrogen and oxygen atoms in total. The number of halogens is 3. The molecule has 0 bridgehead atoms. The summed E-state index contributed by atoms with van der Waals surface area (Å²) in [6.45, 7) is 0. The maximum Gasteiger partial charge on any atom is 0.534 e. The van der Waals surface area contributed by atoms with Gasteiger partial charge >= 0.3 is 15.6 Å². The second-order valence-electron chi connectivity index (χ2n) is 4.71. The highest BCUT2D eigenvalue weighted by Gasteiger charge is 2.48. The number of alkyl halides is 3. The number of carbonyl (C=O) groups excluding carboxylic acids is 1. The standard InChI is InChI=1S/C12H15F3N2O4S/c1-17(2)10(11(16)18)7-8-3-5-9(6-4-8)21-22(19,20)12(13,14)15/h3-6,10H,7H2,1-2H3,(H2,16,18). The van der Waals surface area contributed by atoms with E-state index in [1.54, 1.807) is 19.0 Å². The first kappa shape index (κ1) is 18.2. The Balaban J connectivity index is 2.86. The molecule has 1 aromatic rings. The zero-order valence-corrected chi connectivity index (χ0v) is 12.6. The van der Waals surface area contributed by atoms with E-state index in [-0.39, 0.29) is 6.42 Å². The molecule has 1 aromatic carbocycles. The molecule has 0 saturated heterocycles. The predicted molar refractivity (Wildman–Crippen MR) is 72.4 cm³/mol. The van der Waals surface area contributed by atoms with E-state index in [0.29, 0.717) is 5.56 Å². The van der Waals surface area contributed by atoms with Crippen LogP contribution < -0.4 is 9.92 Å². The lowest BCUT2D eigenvalue weighted by molar-refractivity contribution is -0.122. The van der Waals surface area contributed by atoms with Gasteiger partial charge in [-0.05, 0) is 38.2 Å². The molecule has 1 rings (SSSR count). The van der Waals surface area contributed by atoms with Crippen LogP contribution in [0.15, 0.2) is 24.3 Å². The molecule has 1 amide bonds. The van der Waals surface area contributed by atoms with Crippen LogP contribution in [0.25, 0.3) is 0 Å². The highest BCUT2D eigenvalue weighted by atomic mass is 32.2. The van der Waals surface area contributed by atoms with Crippen molar-refractivity contribution in [1.82, 2.24) is 4.90 Å². The average molecular weight is 340 g/mol. The maximum absolute atomic E-state index is 12.2. The molecule has 0 heterocycles. The second-order valence-corrected chi connectivity index (χ2v) is 6.25. The fourth-order valence-electron chi connectivity index (χ4n) is 1.62. The number of hydrogen-bond acceptors (Lipinski definition) is 5. The van der Waals surface area contributed by atoms with Crippen LogP contribution in [-0.4, -0.2) is 44.9 Å². The Labute approximate surface area is 125 Å². The Morgan fingerprint density at radius 3 is 2.14 bits per heavy atom. The number of rotatable bonds is 6. The van der Waals surface area contributed by atoms with E-state index in [4.69, 9.17) is 5.73 Å². The molecule has 0 aromatic heterocycles. The van der Waals surface area contributed by atoms with Gasteiger partial charge in [-0.25, -0.2) is 0 Å². The van der Waals surface area contributed by atoms with Gasteiger partial charge in [-0.3, -0.25) is 9.69 Å². The molecular weight excluding hydrogens is 325 g/mol. The fraction of sp³-hybridized carbons (Fsp3) is 0.417. The van der Waals surface area contributed by atoms with Gasteiger partial charge in [0, 0.05) is 0 Å². The molecular formula is C12H15F3N2O4S. The number of amides is 1. The zero-order chi connectivity index (χ0) is 17.1. The van der Waals surface area contributed by atoms with Crippen LogP contribution in [0.5, 0.6) is 5.75 Å². The summed E-state index contributed by atoms with van der Waals surface area (Å²) in [5.74, 6) is -1.02. The summed E-state index contributed by atoms with van der Waals surface area (Å²) in [6, 6.07) is 4.28. The van der Waals surface area contributed by atoms with Gasteiger partial charge in [-0.2, -0.15) is 21.6 Å². The Hall–Kier alpha value is -1.81. The van der Waals surface area contributed by atoms with Crippen molar-refractivity contribution >= 4 is 16.0 Å². The fourth-order valence-corrected chi connectivity index (χ4v) is 2.07. The molecule has 0 spiro atoms. The quantitative estimate of drug-likeness (QED) is 0.613. The van der Waals surface area contributed by atoms with Crippen molar-refractivity contribution in [1.29, 1.82) is 0 Å². The van der Waals surface area contributed by atoms with Crippen molar-refractivity contribution in [3.63, 3.8) is 0 Å². The van der Waals surface area contributed by atoms with Crippen molar-refractivity contribution < 1.29 is 30.6 Å². The van der Waals surface area contributed by atoms with Crippen molar-refractivity contribution in [2.24, 2.45) is 5.73 Å². The summed E-state index contributed by atoms with van der Waals surface area (Å²) < 4.78 is 62.2. The lowest BCUT2D eigenvalue weighted by Crippen LogP contribution is -2.41. The zero-order valence-electron chi connectivity index (χ0n) is 11.8. The SMILES string of the molecule is CN(C)C(Cc1ccc(OS(=O)(=O)C(F)(F)F)cc1)C(N)=O. The van der Waals surface area contributed by atoms with E-state index in [9.17, 15) is 26.4 Å². The Bertz CT molecular complexity index is 627. The van der Waals surface area contributed by atoms with Gasteiger partial charge in [0.1, 0.15) is 5.75 Å². The summed E-state index contributed by atoms with van der Waals surface area (Å²) in [7, 11) is -2.38. The van der Waals surface area contributed by atoms with Gasteiger partial charge in [0.15, 0.2) is 0 Å². The minimum absolute atomic E-state index is 0.231. The number of nitrogens with two attached hydrogens (primary N) is 1. The van der Waals surface area contributed by atoms with Gasteiger partial charge in [0.2, 0.25) is 5.91 Å². The number of carbonyl (C=O) groups is 1. The molecule has 0 aliphatic rings. The number of hydrogen-bond donors (Lipinski definition) is 1. The third-order valence-corrected chi connectivity index (χ3v) is 3.77. The molecule has 2 N–H and O–H groups in total. The normalized spacial score (nSPS) is 13.9. The minimum Gasteiger partial charge on any atom is -0.376 e. The molecule has 0 saturated carbocycles. The summed E-state index contributed by atoms with van der Waals surface area (Å²) in [5, 5.41) is 0. The highest BCUT2D eigenvalue weighted by Crippen LogP contribution is 2.27. The van der Waals surface area contributed by atoms with Crippen LogP contribution in [0.1, 0.15) is 5.56 Å². The van der Waals surface area contributed by atoms with E-state index < -0.39 is 33.3 Å². The molecule has 1 atom stereocenters. The maximum atomic E-state index is 12.2. The Morgan fingerprint density at radius 1 is 1.27 bits per heavy atom. The molecule has 124 valence electrons. The first-order valence-electron chi connectivity index (χ1n) is 5.99. The molecule has 0 radical (unpaired) electrons. The Morgan fingerprint density at radius 2 is 1.77 bits per heavy atom. The molecule has 0 fully saturated rings. The molecule has 10 heteroatoms. The first-order chi connectivity index (χ1) is 9.94. The van der Waals surface area contributed by atoms with E-state index in [1.807, 2.05) is 0 Å². The van der Waals surface area contributed by atoms with Crippen molar-refractivity contribution in [3.05, 3.63) is 29.8 Å². The van der Waals surface area contributed by atoms with Crippen LogP contribution >= 0.6 is 0 Å².